The molecule has 0 spiro atoms. The fourth-order valence-electron chi connectivity index (χ4n) is 1.91. The number of carbonyl (C=O) groups is 1. The van der Waals surface area contributed by atoms with Crippen molar-refractivity contribution in [2.75, 3.05) is 12.4 Å². The number of aromatic nitrogens is 3. The van der Waals surface area contributed by atoms with Gasteiger partial charge in [0.2, 0.25) is 5.89 Å². The molecule has 0 radical (unpaired) electrons. The smallest absolute Gasteiger partial charge is 0.254 e. The van der Waals surface area contributed by atoms with Crippen LogP contribution in [-0.4, -0.2) is 39.0 Å². The van der Waals surface area contributed by atoms with Crippen LogP contribution in [0.25, 0.3) is 0 Å². The third-order valence-electron chi connectivity index (χ3n) is 3.03. The molecule has 112 valence electrons. The van der Waals surface area contributed by atoms with Crippen LogP contribution in [-0.2, 0) is 6.54 Å². The second-order valence-corrected chi connectivity index (χ2v) is 4.94. The third-order valence-corrected chi connectivity index (χ3v) is 3.03. The molecule has 2 aromatic rings. The Morgan fingerprint density at radius 1 is 1.48 bits per heavy atom. The molecule has 0 aliphatic carbocycles. The molecule has 7 nitrogen and oxygen atoms in total. The quantitative estimate of drug-likeness (QED) is 0.904. The Bertz CT molecular complexity index is 623. The Morgan fingerprint density at radius 3 is 2.81 bits per heavy atom. The van der Waals surface area contributed by atoms with E-state index in [1.807, 2.05) is 13.8 Å². The number of rotatable bonds is 5. The average molecular weight is 289 g/mol. The zero-order valence-corrected chi connectivity index (χ0v) is 12.6. The number of hydrogen-bond acceptors (Lipinski definition) is 6. The zero-order valence-electron chi connectivity index (χ0n) is 12.6. The summed E-state index contributed by atoms with van der Waals surface area (Å²) in [5.74, 6) is 1.55. The predicted octanol–water partition coefficient (Wildman–Crippen LogP) is 1.87. The van der Waals surface area contributed by atoms with Gasteiger partial charge in [-0.3, -0.25) is 4.79 Å². The van der Waals surface area contributed by atoms with E-state index in [-0.39, 0.29) is 11.9 Å². The van der Waals surface area contributed by atoms with Crippen molar-refractivity contribution in [2.24, 2.45) is 0 Å². The Balaban J connectivity index is 2.22. The van der Waals surface area contributed by atoms with Crippen molar-refractivity contribution in [3.63, 3.8) is 0 Å². The highest BCUT2D eigenvalue weighted by Crippen LogP contribution is 2.14. The van der Waals surface area contributed by atoms with Crippen molar-refractivity contribution in [2.45, 2.75) is 33.4 Å². The Labute approximate surface area is 123 Å². The first-order valence-corrected chi connectivity index (χ1v) is 6.75. The van der Waals surface area contributed by atoms with Crippen molar-refractivity contribution < 1.29 is 9.32 Å². The SMILES string of the molecule is CNc1cc(C(=O)N(Cc2noc(C)n2)C(C)C)ccn1. The molecule has 21 heavy (non-hydrogen) atoms. The lowest BCUT2D eigenvalue weighted by Gasteiger charge is -2.25. The second kappa shape index (κ2) is 6.34. The maximum absolute atomic E-state index is 12.6. The highest BCUT2D eigenvalue weighted by atomic mass is 16.5. The Kier molecular flexibility index (Phi) is 4.52. The van der Waals surface area contributed by atoms with E-state index in [0.29, 0.717) is 29.6 Å². The molecule has 0 bridgehead atoms. The normalized spacial score (nSPS) is 10.7. The van der Waals surface area contributed by atoms with Gasteiger partial charge in [-0.1, -0.05) is 5.16 Å². The molecule has 1 amide bonds. The first-order valence-electron chi connectivity index (χ1n) is 6.75. The number of carbonyl (C=O) groups excluding carboxylic acids is 1. The number of hydrogen-bond donors (Lipinski definition) is 1. The van der Waals surface area contributed by atoms with E-state index in [0.717, 1.165) is 0 Å². The molecule has 2 rings (SSSR count). The van der Waals surface area contributed by atoms with Gasteiger partial charge in [0.05, 0.1) is 6.54 Å². The number of nitrogens with zero attached hydrogens (tertiary/aromatic N) is 4. The summed E-state index contributed by atoms with van der Waals surface area (Å²) in [7, 11) is 1.76. The zero-order chi connectivity index (χ0) is 15.4. The molecule has 0 aliphatic heterocycles. The van der Waals surface area contributed by atoms with Crippen LogP contribution < -0.4 is 5.32 Å². The molecule has 0 aromatic carbocycles. The van der Waals surface area contributed by atoms with E-state index in [1.54, 1.807) is 37.2 Å². The fourth-order valence-corrected chi connectivity index (χ4v) is 1.91. The highest BCUT2D eigenvalue weighted by molar-refractivity contribution is 5.94. The largest absolute Gasteiger partial charge is 0.373 e. The monoisotopic (exact) mass is 289 g/mol. The van der Waals surface area contributed by atoms with E-state index in [1.165, 1.54) is 0 Å². The molecule has 7 heteroatoms. The molecule has 0 fully saturated rings. The lowest BCUT2D eigenvalue weighted by atomic mass is 10.2. The van der Waals surface area contributed by atoms with Crippen LogP contribution in [0.1, 0.15) is 35.9 Å². The first-order chi connectivity index (χ1) is 10.0. The van der Waals surface area contributed by atoms with Gasteiger partial charge in [-0.15, -0.1) is 0 Å². The molecular weight excluding hydrogens is 270 g/mol. The van der Waals surface area contributed by atoms with Gasteiger partial charge >= 0.3 is 0 Å². The Hall–Kier alpha value is -2.44. The van der Waals surface area contributed by atoms with Crippen LogP contribution in [0.5, 0.6) is 0 Å². The topological polar surface area (TPSA) is 84.2 Å². The van der Waals surface area contributed by atoms with Crippen LogP contribution >= 0.6 is 0 Å². The first kappa shape index (κ1) is 15.0. The molecular formula is C14H19N5O2. The van der Waals surface area contributed by atoms with Crippen molar-refractivity contribution in [1.82, 2.24) is 20.0 Å². The minimum absolute atomic E-state index is 0.0162. The molecule has 2 aromatic heterocycles. The van der Waals surface area contributed by atoms with Crippen LogP contribution in [0.3, 0.4) is 0 Å². The molecule has 0 aliphatic rings. The minimum Gasteiger partial charge on any atom is -0.373 e. The third kappa shape index (κ3) is 3.56. The lowest BCUT2D eigenvalue weighted by Crippen LogP contribution is -2.36. The van der Waals surface area contributed by atoms with Gasteiger partial charge in [0, 0.05) is 31.8 Å². The van der Waals surface area contributed by atoms with Crippen molar-refractivity contribution in [3.05, 3.63) is 35.6 Å². The van der Waals surface area contributed by atoms with E-state index in [4.69, 9.17) is 4.52 Å². The maximum Gasteiger partial charge on any atom is 0.254 e. The number of pyridine rings is 1. The van der Waals surface area contributed by atoms with Crippen molar-refractivity contribution in [1.29, 1.82) is 0 Å². The molecule has 0 saturated heterocycles. The van der Waals surface area contributed by atoms with Gasteiger partial charge in [0.25, 0.3) is 5.91 Å². The fraction of sp³-hybridized carbons (Fsp3) is 0.429. The highest BCUT2D eigenvalue weighted by Gasteiger charge is 2.21. The van der Waals surface area contributed by atoms with E-state index < -0.39 is 0 Å². The average Bonchev–Trinajstić information content (AvgIpc) is 2.89. The van der Waals surface area contributed by atoms with E-state index in [9.17, 15) is 4.79 Å². The summed E-state index contributed by atoms with van der Waals surface area (Å²) < 4.78 is 4.95. The minimum atomic E-state index is -0.0913. The predicted molar refractivity (Wildman–Crippen MR) is 77.8 cm³/mol. The summed E-state index contributed by atoms with van der Waals surface area (Å²) in [6, 6.07) is 3.43. The summed E-state index contributed by atoms with van der Waals surface area (Å²) in [6.07, 6.45) is 1.61. The van der Waals surface area contributed by atoms with Gasteiger partial charge in [0.15, 0.2) is 5.82 Å². The number of amides is 1. The maximum atomic E-state index is 12.6. The molecule has 0 atom stereocenters. The summed E-state index contributed by atoms with van der Waals surface area (Å²) in [5, 5.41) is 6.76. The number of aryl methyl sites for hydroxylation is 1. The summed E-state index contributed by atoms with van der Waals surface area (Å²) in [4.78, 5) is 22.6. The second-order valence-electron chi connectivity index (χ2n) is 4.94. The number of nitrogens with one attached hydrogen (secondary N) is 1. The van der Waals surface area contributed by atoms with Crippen LogP contribution in [0, 0.1) is 6.92 Å². The summed E-state index contributed by atoms with van der Waals surface area (Å²) in [6.45, 7) is 5.93. The summed E-state index contributed by atoms with van der Waals surface area (Å²) >= 11 is 0. The van der Waals surface area contributed by atoms with Crippen LogP contribution in [0.15, 0.2) is 22.9 Å². The molecule has 0 saturated carbocycles. The molecule has 1 N–H and O–H groups in total. The summed E-state index contributed by atoms with van der Waals surface area (Å²) in [5.41, 5.74) is 0.572. The van der Waals surface area contributed by atoms with Gasteiger partial charge in [-0.05, 0) is 26.0 Å². The number of anilines is 1. The van der Waals surface area contributed by atoms with Crippen molar-refractivity contribution in [3.8, 4) is 0 Å². The molecule has 2 heterocycles. The lowest BCUT2D eigenvalue weighted by molar-refractivity contribution is 0.0683. The van der Waals surface area contributed by atoms with E-state index in [2.05, 4.69) is 20.4 Å². The molecule has 0 unspecified atom stereocenters. The van der Waals surface area contributed by atoms with Gasteiger partial charge in [-0.25, -0.2) is 4.98 Å². The van der Waals surface area contributed by atoms with Gasteiger partial charge in [-0.2, -0.15) is 4.98 Å². The standard InChI is InChI=1S/C14H19N5O2/c1-9(2)19(8-13-17-10(3)21-18-13)14(20)11-5-6-16-12(7-11)15-4/h5-7,9H,8H2,1-4H3,(H,15,16). The Morgan fingerprint density at radius 2 is 2.24 bits per heavy atom. The van der Waals surface area contributed by atoms with Gasteiger partial charge in [0.1, 0.15) is 5.82 Å². The van der Waals surface area contributed by atoms with Crippen LogP contribution in [0.4, 0.5) is 5.82 Å². The van der Waals surface area contributed by atoms with Crippen LogP contribution in [0.2, 0.25) is 0 Å². The van der Waals surface area contributed by atoms with Gasteiger partial charge < -0.3 is 14.7 Å². The van der Waals surface area contributed by atoms with E-state index >= 15 is 0 Å². The van der Waals surface area contributed by atoms with Crippen molar-refractivity contribution >= 4 is 11.7 Å².